The first-order valence-corrected chi connectivity index (χ1v) is 11.8. The molecule has 1 unspecified atom stereocenters. The van der Waals surface area contributed by atoms with E-state index >= 15 is 0 Å². The van der Waals surface area contributed by atoms with Crippen LogP contribution in [0.1, 0.15) is 36.0 Å². The normalized spacial score (nSPS) is 11.9. The molecule has 35 heavy (non-hydrogen) atoms. The topological polar surface area (TPSA) is 35.5 Å². The molecule has 0 aliphatic heterocycles. The first-order chi connectivity index (χ1) is 17.1. The van der Waals surface area contributed by atoms with Gasteiger partial charge in [0.05, 0.1) is 6.61 Å². The molecule has 1 atom stereocenters. The van der Waals surface area contributed by atoms with E-state index in [2.05, 4.69) is 43.0 Å². The molecule has 4 rings (SSSR count). The summed E-state index contributed by atoms with van der Waals surface area (Å²) in [6.07, 6.45) is 0.555. The van der Waals surface area contributed by atoms with Crippen molar-refractivity contribution in [1.82, 2.24) is 0 Å². The van der Waals surface area contributed by atoms with Crippen molar-refractivity contribution < 1.29 is 14.3 Å². The Morgan fingerprint density at radius 2 is 1.20 bits per heavy atom. The molecule has 3 heteroatoms. The molecule has 4 aromatic rings. The Morgan fingerprint density at radius 1 is 0.743 bits per heavy atom. The standard InChI is InChI=1S/C32H30O3/c1-25(2)31(33)34-24-23-30(26-15-7-3-8-16-26)32(27-17-9-4-10-18-27,28-19-11-5-12-20-28)35-29-21-13-6-14-22-29/h3-22,30H,1,23-24H2,2H3. The summed E-state index contributed by atoms with van der Waals surface area (Å²) in [6, 6.07) is 40.7. The van der Waals surface area contributed by atoms with Crippen LogP contribution in [-0.4, -0.2) is 12.6 Å². The number of carbonyl (C=O) groups excluding carboxylic acids is 1. The number of ether oxygens (including phenoxy) is 2. The van der Waals surface area contributed by atoms with E-state index in [0.717, 1.165) is 22.4 Å². The minimum absolute atomic E-state index is 0.161. The molecule has 0 aliphatic carbocycles. The van der Waals surface area contributed by atoms with Crippen LogP contribution in [-0.2, 0) is 15.1 Å². The van der Waals surface area contributed by atoms with Gasteiger partial charge in [0, 0.05) is 22.6 Å². The summed E-state index contributed by atoms with van der Waals surface area (Å²) in [5.41, 5.74) is 2.66. The monoisotopic (exact) mass is 462 g/mol. The fraction of sp³-hybridized carbons (Fsp3) is 0.156. The van der Waals surface area contributed by atoms with Crippen molar-refractivity contribution in [2.45, 2.75) is 24.9 Å². The zero-order valence-electron chi connectivity index (χ0n) is 20.0. The smallest absolute Gasteiger partial charge is 0.333 e. The van der Waals surface area contributed by atoms with Crippen molar-refractivity contribution >= 4 is 5.97 Å². The number of hydrogen-bond acceptors (Lipinski definition) is 3. The molecule has 0 spiro atoms. The summed E-state index contributed by atoms with van der Waals surface area (Å²) in [6.45, 7) is 5.61. The van der Waals surface area contributed by atoms with Crippen LogP contribution in [0.15, 0.2) is 133 Å². The van der Waals surface area contributed by atoms with Gasteiger partial charge in [-0.3, -0.25) is 0 Å². The highest BCUT2D eigenvalue weighted by Crippen LogP contribution is 2.47. The first kappa shape index (κ1) is 24.0. The van der Waals surface area contributed by atoms with E-state index in [-0.39, 0.29) is 18.5 Å². The maximum atomic E-state index is 12.2. The van der Waals surface area contributed by atoms with Crippen molar-refractivity contribution in [2.75, 3.05) is 6.61 Å². The van der Waals surface area contributed by atoms with E-state index in [4.69, 9.17) is 9.47 Å². The van der Waals surface area contributed by atoms with Gasteiger partial charge in [0.2, 0.25) is 0 Å². The summed E-state index contributed by atoms with van der Waals surface area (Å²) in [5.74, 6) is 0.220. The van der Waals surface area contributed by atoms with Crippen molar-refractivity contribution in [2.24, 2.45) is 0 Å². The van der Waals surface area contributed by atoms with E-state index < -0.39 is 5.60 Å². The number of carbonyl (C=O) groups is 1. The third-order valence-corrected chi connectivity index (χ3v) is 6.11. The molecule has 0 aliphatic rings. The lowest BCUT2D eigenvalue weighted by Gasteiger charge is -2.42. The van der Waals surface area contributed by atoms with Crippen molar-refractivity contribution in [1.29, 1.82) is 0 Å². The molecule has 0 fully saturated rings. The van der Waals surface area contributed by atoms with Crippen LogP contribution in [0.5, 0.6) is 5.75 Å². The predicted molar refractivity (Wildman–Crippen MR) is 140 cm³/mol. The summed E-state index contributed by atoms with van der Waals surface area (Å²) >= 11 is 0. The molecule has 0 radical (unpaired) electrons. The van der Waals surface area contributed by atoms with Crippen LogP contribution < -0.4 is 4.74 Å². The molecule has 0 N–H and O–H groups in total. The number of benzene rings is 4. The minimum Gasteiger partial charge on any atom is -0.477 e. The van der Waals surface area contributed by atoms with E-state index in [1.54, 1.807) is 6.92 Å². The summed E-state index contributed by atoms with van der Waals surface area (Å²) in [7, 11) is 0. The molecule has 0 heterocycles. The average molecular weight is 463 g/mol. The molecule has 0 amide bonds. The fourth-order valence-corrected chi connectivity index (χ4v) is 4.49. The zero-order chi connectivity index (χ0) is 24.5. The molecule has 3 nitrogen and oxygen atoms in total. The van der Waals surface area contributed by atoms with Crippen LogP contribution in [0.2, 0.25) is 0 Å². The largest absolute Gasteiger partial charge is 0.477 e. The predicted octanol–water partition coefficient (Wildman–Crippen LogP) is 7.30. The van der Waals surface area contributed by atoms with Crippen LogP contribution >= 0.6 is 0 Å². The second-order valence-electron chi connectivity index (χ2n) is 8.55. The van der Waals surface area contributed by atoms with Gasteiger partial charge in [0.1, 0.15) is 5.75 Å². The lowest BCUT2D eigenvalue weighted by atomic mass is 9.71. The number of hydrogen-bond donors (Lipinski definition) is 0. The number of esters is 1. The lowest BCUT2D eigenvalue weighted by Crippen LogP contribution is -2.41. The molecule has 0 bridgehead atoms. The fourth-order valence-electron chi connectivity index (χ4n) is 4.49. The molecule has 0 aromatic heterocycles. The van der Waals surface area contributed by atoms with E-state index in [1.807, 2.05) is 84.9 Å². The van der Waals surface area contributed by atoms with E-state index in [0.29, 0.717) is 12.0 Å². The van der Waals surface area contributed by atoms with Gasteiger partial charge in [-0.25, -0.2) is 4.79 Å². The quantitative estimate of drug-likeness (QED) is 0.183. The Labute approximate surface area is 207 Å². The van der Waals surface area contributed by atoms with Crippen molar-refractivity contribution in [3.05, 3.63) is 150 Å². The number of rotatable bonds is 10. The van der Waals surface area contributed by atoms with E-state index in [1.165, 1.54) is 0 Å². The van der Waals surface area contributed by atoms with Crippen molar-refractivity contribution in [3.8, 4) is 5.75 Å². The Morgan fingerprint density at radius 3 is 1.69 bits per heavy atom. The van der Waals surface area contributed by atoms with Gasteiger partial charge in [-0.1, -0.05) is 116 Å². The minimum atomic E-state index is -0.874. The summed E-state index contributed by atoms with van der Waals surface area (Å²) in [5, 5.41) is 0. The maximum Gasteiger partial charge on any atom is 0.333 e. The third-order valence-electron chi connectivity index (χ3n) is 6.11. The highest BCUT2D eigenvalue weighted by molar-refractivity contribution is 5.86. The zero-order valence-corrected chi connectivity index (χ0v) is 20.0. The van der Waals surface area contributed by atoms with Crippen LogP contribution in [0.3, 0.4) is 0 Å². The van der Waals surface area contributed by atoms with Crippen LogP contribution in [0.4, 0.5) is 0 Å². The SMILES string of the molecule is C=C(C)C(=O)OCCC(c1ccccc1)C(Oc1ccccc1)(c1ccccc1)c1ccccc1. The lowest BCUT2D eigenvalue weighted by molar-refractivity contribution is -0.139. The van der Waals surface area contributed by atoms with Gasteiger partial charge >= 0.3 is 5.97 Å². The molecule has 176 valence electrons. The third kappa shape index (κ3) is 5.52. The first-order valence-electron chi connectivity index (χ1n) is 11.8. The molecule has 0 saturated heterocycles. The van der Waals surface area contributed by atoms with Gasteiger partial charge < -0.3 is 9.47 Å². The Kier molecular flexibility index (Phi) is 7.79. The molecular weight excluding hydrogens is 432 g/mol. The van der Waals surface area contributed by atoms with Crippen LogP contribution in [0, 0.1) is 0 Å². The molecule has 0 saturated carbocycles. The Balaban J connectivity index is 1.91. The van der Waals surface area contributed by atoms with Gasteiger partial charge in [-0.15, -0.1) is 0 Å². The number of para-hydroxylation sites is 1. The van der Waals surface area contributed by atoms with Crippen LogP contribution in [0.25, 0.3) is 0 Å². The second-order valence-corrected chi connectivity index (χ2v) is 8.55. The Bertz CT molecular complexity index is 1180. The van der Waals surface area contributed by atoms with Crippen molar-refractivity contribution in [3.63, 3.8) is 0 Å². The van der Waals surface area contributed by atoms with Gasteiger partial charge in [-0.05, 0) is 31.0 Å². The highest BCUT2D eigenvalue weighted by Gasteiger charge is 2.45. The molecule has 4 aromatic carbocycles. The van der Waals surface area contributed by atoms with Gasteiger partial charge in [0.25, 0.3) is 0 Å². The maximum absolute atomic E-state index is 12.2. The van der Waals surface area contributed by atoms with E-state index in [9.17, 15) is 4.79 Å². The van der Waals surface area contributed by atoms with Gasteiger partial charge in [0.15, 0.2) is 5.60 Å². The summed E-state index contributed by atoms with van der Waals surface area (Å²) < 4.78 is 12.6. The Hall–Kier alpha value is -4.11. The van der Waals surface area contributed by atoms with Gasteiger partial charge in [-0.2, -0.15) is 0 Å². The average Bonchev–Trinajstić information content (AvgIpc) is 2.92. The molecular formula is C32H30O3. The summed E-state index contributed by atoms with van der Waals surface area (Å²) in [4.78, 5) is 12.2. The highest BCUT2D eigenvalue weighted by atomic mass is 16.5. The second kappa shape index (κ2) is 11.3.